The second-order valence-corrected chi connectivity index (χ2v) is 6.08. The van der Waals surface area contributed by atoms with Crippen molar-refractivity contribution in [1.82, 2.24) is 15.3 Å². The van der Waals surface area contributed by atoms with Gasteiger partial charge in [0.2, 0.25) is 11.7 Å². The molecule has 1 fully saturated rings. The Hall–Kier alpha value is -2.83. The van der Waals surface area contributed by atoms with Crippen LogP contribution in [0.4, 0.5) is 0 Å². The van der Waals surface area contributed by atoms with Crippen molar-refractivity contribution in [3.05, 3.63) is 53.5 Å². The highest BCUT2D eigenvalue weighted by Crippen LogP contribution is 2.39. The van der Waals surface area contributed by atoms with Crippen LogP contribution in [-0.2, 0) is 6.42 Å². The van der Waals surface area contributed by atoms with Gasteiger partial charge in [-0.1, -0.05) is 22.4 Å². The predicted molar refractivity (Wildman–Crippen MR) is 80.9 cm³/mol. The van der Waals surface area contributed by atoms with Crippen molar-refractivity contribution in [3.8, 4) is 11.5 Å². The molecule has 1 saturated carbocycles. The minimum Gasteiger partial charge on any atom is -0.485 e. The minimum absolute atomic E-state index is 0.351. The van der Waals surface area contributed by atoms with E-state index in [9.17, 15) is 0 Å². The van der Waals surface area contributed by atoms with Crippen LogP contribution in [0.1, 0.15) is 48.0 Å². The second-order valence-electron chi connectivity index (χ2n) is 6.08. The van der Waals surface area contributed by atoms with E-state index in [1.54, 1.807) is 0 Å². The fraction of sp³-hybridized carbons (Fsp3) is 0.353. The molecule has 2 aliphatic rings. The van der Waals surface area contributed by atoms with Gasteiger partial charge in [0.15, 0.2) is 17.6 Å². The molecule has 7 nitrogen and oxygen atoms in total. The van der Waals surface area contributed by atoms with E-state index in [-0.39, 0.29) is 6.10 Å². The van der Waals surface area contributed by atoms with E-state index in [0.717, 1.165) is 17.2 Å². The average Bonchev–Trinajstić information content (AvgIpc) is 3.19. The predicted octanol–water partition coefficient (Wildman–Crippen LogP) is 3.04. The maximum absolute atomic E-state index is 5.88. The molecule has 1 atom stereocenters. The van der Waals surface area contributed by atoms with Crippen LogP contribution in [0.15, 0.2) is 39.4 Å². The standard InChI is InChI=1S/C17H15N3O4/c1-2-4-14-13(3-1)21-9-15(22-14)17-18-16(24-20-17)8-11-7-12(19-23-11)10-5-6-10/h1-4,7,10,15H,5-6,8-9H2/t15-/m0/s1. The number of hydrogen-bond donors (Lipinski definition) is 0. The Labute approximate surface area is 137 Å². The third kappa shape index (κ3) is 2.51. The van der Waals surface area contributed by atoms with Crippen molar-refractivity contribution in [2.24, 2.45) is 0 Å². The summed E-state index contributed by atoms with van der Waals surface area (Å²) in [6.45, 7) is 0.351. The number of rotatable bonds is 4. The molecule has 0 unspecified atom stereocenters. The molecular weight excluding hydrogens is 310 g/mol. The van der Waals surface area contributed by atoms with Gasteiger partial charge in [0.1, 0.15) is 12.4 Å². The van der Waals surface area contributed by atoms with Gasteiger partial charge in [-0.15, -0.1) is 0 Å². The van der Waals surface area contributed by atoms with E-state index in [1.807, 2.05) is 30.3 Å². The number of aromatic nitrogens is 3. The van der Waals surface area contributed by atoms with E-state index >= 15 is 0 Å². The molecule has 7 heteroatoms. The molecule has 1 aromatic carbocycles. The van der Waals surface area contributed by atoms with Crippen LogP contribution >= 0.6 is 0 Å². The molecule has 0 spiro atoms. The van der Waals surface area contributed by atoms with Gasteiger partial charge in [-0.05, 0) is 25.0 Å². The van der Waals surface area contributed by atoms with Crippen LogP contribution in [0.2, 0.25) is 0 Å². The lowest BCUT2D eigenvalue weighted by Gasteiger charge is -2.24. The number of para-hydroxylation sites is 2. The molecule has 3 aromatic rings. The third-order valence-corrected chi connectivity index (χ3v) is 4.18. The zero-order valence-electron chi connectivity index (χ0n) is 12.8. The number of hydrogen-bond acceptors (Lipinski definition) is 7. The zero-order chi connectivity index (χ0) is 15.9. The van der Waals surface area contributed by atoms with Crippen molar-refractivity contribution >= 4 is 0 Å². The molecule has 1 aliphatic heterocycles. The van der Waals surface area contributed by atoms with Crippen LogP contribution in [0.5, 0.6) is 11.5 Å². The Bertz CT molecular complexity index is 868. The molecule has 3 heterocycles. The monoisotopic (exact) mass is 325 g/mol. The topological polar surface area (TPSA) is 83.4 Å². The summed E-state index contributed by atoms with van der Waals surface area (Å²) >= 11 is 0. The van der Waals surface area contributed by atoms with E-state index in [4.69, 9.17) is 18.5 Å². The fourth-order valence-electron chi connectivity index (χ4n) is 2.75. The fourth-order valence-corrected chi connectivity index (χ4v) is 2.75. The number of fused-ring (bicyclic) bond motifs is 1. The Morgan fingerprint density at radius 3 is 2.79 bits per heavy atom. The molecule has 0 radical (unpaired) electrons. The first-order valence-corrected chi connectivity index (χ1v) is 8.01. The number of benzene rings is 1. The largest absolute Gasteiger partial charge is 0.485 e. The molecule has 0 saturated heterocycles. The molecule has 0 amide bonds. The summed E-state index contributed by atoms with van der Waals surface area (Å²) < 4.78 is 22.2. The summed E-state index contributed by atoms with van der Waals surface area (Å²) in [6, 6.07) is 9.50. The van der Waals surface area contributed by atoms with Crippen LogP contribution in [0.25, 0.3) is 0 Å². The van der Waals surface area contributed by atoms with Gasteiger partial charge in [0, 0.05) is 12.0 Å². The van der Waals surface area contributed by atoms with Crippen LogP contribution in [0, 0.1) is 0 Å². The van der Waals surface area contributed by atoms with E-state index in [2.05, 4.69) is 15.3 Å². The van der Waals surface area contributed by atoms with E-state index in [0.29, 0.717) is 36.4 Å². The Kier molecular flexibility index (Phi) is 3.04. The highest BCUT2D eigenvalue weighted by molar-refractivity contribution is 5.40. The molecule has 1 aliphatic carbocycles. The van der Waals surface area contributed by atoms with Gasteiger partial charge in [0.25, 0.3) is 0 Å². The summed E-state index contributed by atoms with van der Waals surface area (Å²) in [5.41, 5.74) is 1.02. The minimum atomic E-state index is -0.380. The molecule has 5 rings (SSSR count). The van der Waals surface area contributed by atoms with Crippen molar-refractivity contribution in [2.75, 3.05) is 6.61 Å². The maximum Gasteiger partial charge on any atom is 0.234 e. The highest BCUT2D eigenvalue weighted by atomic mass is 16.6. The molecular formula is C17H15N3O4. The first kappa shape index (κ1) is 13.6. The van der Waals surface area contributed by atoms with Crippen molar-refractivity contribution < 1.29 is 18.5 Å². The first-order valence-electron chi connectivity index (χ1n) is 8.01. The number of nitrogens with zero attached hydrogens (tertiary/aromatic N) is 3. The lowest BCUT2D eigenvalue weighted by Crippen LogP contribution is -2.22. The second kappa shape index (κ2) is 5.36. The molecule has 2 aromatic heterocycles. The summed E-state index contributed by atoms with van der Waals surface area (Å²) in [5.74, 6) is 3.66. The van der Waals surface area contributed by atoms with Crippen LogP contribution < -0.4 is 9.47 Å². The molecule has 24 heavy (non-hydrogen) atoms. The Morgan fingerprint density at radius 1 is 1.04 bits per heavy atom. The van der Waals surface area contributed by atoms with Gasteiger partial charge in [0.05, 0.1) is 12.1 Å². The Morgan fingerprint density at radius 2 is 1.92 bits per heavy atom. The van der Waals surface area contributed by atoms with E-state index in [1.165, 1.54) is 12.8 Å². The quantitative estimate of drug-likeness (QED) is 0.729. The Balaban J connectivity index is 1.30. The first-order chi connectivity index (χ1) is 11.8. The normalized spacial score (nSPS) is 19.4. The molecule has 0 N–H and O–H groups in total. The highest BCUT2D eigenvalue weighted by Gasteiger charge is 2.29. The summed E-state index contributed by atoms with van der Waals surface area (Å²) in [4.78, 5) is 4.40. The summed E-state index contributed by atoms with van der Waals surface area (Å²) in [7, 11) is 0. The average molecular weight is 325 g/mol. The van der Waals surface area contributed by atoms with Gasteiger partial charge >= 0.3 is 0 Å². The van der Waals surface area contributed by atoms with Gasteiger partial charge in [-0.3, -0.25) is 0 Å². The van der Waals surface area contributed by atoms with Gasteiger partial charge in [-0.25, -0.2) is 0 Å². The zero-order valence-corrected chi connectivity index (χ0v) is 12.8. The SMILES string of the molecule is c1ccc2c(c1)OC[C@@H](c1noc(Cc3cc(C4CC4)no3)n1)O2. The van der Waals surface area contributed by atoms with E-state index < -0.39 is 0 Å². The van der Waals surface area contributed by atoms with Crippen molar-refractivity contribution in [2.45, 2.75) is 31.3 Å². The van der Waals surface area contributed by atoms with Crippen LogP contribution in [-0.4, -0.2) is 21.9 Å². The summed E-state index contributed by atoms with van der Waals surface area (Å²) in [5, 5.41) is 8.10. The maximum atomic E-state index is 5.88. The molecule has 0 bridgehead atoms. The summed E-state index contributed by atoms with van der Waals surface area (Å²) in [6.07, 6.45) is 2.43. The number of ether oxygens (including phenoxy) is 2. The van der Waals surface area contributed by atoms with Crippen LogP contribution in [0.3, 0.4) is 0 Å². The van der Waals surface area contributed by atoms with Gasteiger partial charge in [-0.2, -0.15) is 4.98 Å². The van der Waals surface area contributed by atoms with Crippen molar-refractivity contribution in [1.29, 1.82) is 0 Å². The third-order valence-electron chi connectivity index (χ3n) is 4.18. The molecule has 122 valence electrons. The van der Waals surface area contributed by atoms with Gasteiger partial charge < -0.3 is 18.5 Å². The smallest absolute Gasteiger partial charge is 0.234 e. The lowest BCUT2D eigenvalue weighted by atomic mass is 10.2. The lowest BCUT2D eigenvalue weighted by molar-refractivity contribution is 0.0832. The van der Waals surface area contributed by atoms with Crippen molar-refractivity contribution in [3.63, 3.8) is 0 Å².